The summed E-state index contributed by atoms with van der Waals surface area (Å²) >= 11 is 1.87. The zero-order chi connectivity index (χ0) is 13.3. The minimum absolute atomic E-state index is 0.131. The topological polar surface area (TPSA) is 32.3 Å². The van der Waals surface area contributed by atoms with Crippen molar-refractivity contribution >= 4 is 17.7 Å². The summed E-state index contributed by atoms with van der Waals surface area (Å²) in [5.41, 5.74) is 0. The highest BCUT2D eigenvalue weighted by atomic mass is 32.2. The zero-order valence-electron chi connectivity index (χ0n) is 12.0. The molecule has 2 aliphatic heterocycles. The highest BCUT2D eigenvalue weighted by Crippen LogP contribution is 2.40. The van der Waals surface area contributed by atoms with Crippen LogP contribution >= 0.6 is 11.8 Å². The van der Waals surface area contributed by atoms with Gasteiger partial charge >= 0.3 is 0 Å². The minimum atomic E-state index is -0.131. The van der Waals surface area contributed by atoms with Crippen LogP contribution in [0.3, 0.4) is 0 Å². The Morgan fingerprint density at radius 1 is 1.32 bits per heavy atom. The predicted octanol–water partition coefficient (Wildman–Crippen LogP) is 2.26. The molecule has 1 N–H and O–H groups in total. The Balaban J connectivity index is 1.64. The SMILES string of the molecule is CC1(C(=O)N(CC2CC2)CC2CCCN2)CCCS1. The Kier molecular flexibility index (Phi) is 4.08. The van der Waals surface area contributed by atoms with E-state index in [1.165, 1.54) is 32.1 Å². The van der Waals surface area contributed by atoms with Crippen molar-refractivity contribution < 1.29 is 4.79 Å². The van der Waals surface area contributed by atoms with Crippen molar-refractivity contribution in [1.82, 2.24) is 10.2 Å². The van der Waals surface area contributed by atoms with E-state index in [0.717, 1.165) is 37.7 Å². The molecule has 3 rings (SSSR count). The summed E-state index contributed by atoms with van der Waals surface area (Å²) in [5, 5.41) is 3.54. The standard InChI is InChI=1S/C15H26N2OS/c1-15(7-3-9-19-15)14(18)17(10-12-5-6-12)11-13-4-2-8-16-13/h12-13,16H,2-11H2,1H3. The van der Waals surface area contributed by atoms with Gasteiger partial charge in [-0.2, -0.15) is 0 Å². The van der Waals surface area contributed by atoms with Crippen LogP contribution in [-0.4, -0.2) is 47.0 Å². The lowest BCUT2D eigenvalue weighted by molar-refractivity contribution is -0.134. The van der Waals surface area contributed by atoms with Crippen molar-refractivity contribution in [3.63, 3.8) is 0 Å². The first-order valence-corrected chi connectivity index (χ1v) is 8.83. The van der Waals surface area contributed by atoms with Crippen molar-refractivity contribution in [2.24, 2.45) is 5.92 Å². The number of carbonyl (C=O) groups excluding carboxylic acids is 1. The fourth-order valence-electron chi connectivity index (χ4n) is 3.31. The molecule has 3 fully saturated rings. The zero-order valence-corrected chi connectivity index (χ0v) is 12.8. The average Bonchev–Trinajstić information content (AvgIpc) is 2.89. The maximum atomic E-state index is 12.9. The fourth-order valence-corrected chi connectivity index (χ4v) is 4.59. The van der Waals surface area contributed by atoms with Gasteiger partial charge in [-0.3, -0.25) is 4.79 Å². The van der Waals surface area contributed by atoms with E-state index in [1.807, 2.05) is 11.8 Å². The first kappa shape index (κ1) is 13.7. The summed E-state index contributed by atoms with van der Waals surface area (Å²) in [6, 6.07) is 0.540. The second-order valence-electron chi connectivity index (χ2n) is 6.63. The maximum absolute atomic E-state index is 12.9. The monoisotopic (exact) mass is 282 g/mol. The van der Waals surface area contributed by atoms with E-state index in [1.54, 1.807) is 0 Å². The van der Waals surface area contributed by atoms with Gasteiger partial charge in [-0.15, -0.1) is 11.8 Å². The molecule has 0 bridgehead atoms. The quantitative estimate of drug-likeness (QED) is 0.839. The van der Waals surface area contributed by atoms with Crippen molar-refractivity contribution in [2.45, 2.75) is 56.2 Å². The lowest BCUT2D eigenvalue weighted by atomic mass is 10.0. The van der Waals surface area contributed by atoms with Crippen LogP contribution in [-0.2, 0) is 4.79 Å². The number of nitrogens with zero attached hydrogens (tertiary/aromatic N) is 1. The van der Waals surface area contributed by atoms with Crippen LogP contribution in [0.1, 0.15) is 45.4 Å². The molecule has 2 saturated heterocycles. The second-order valence-corrected chi connectivity index (χ2v) is 8.23. The van der Waals surface area contributed by atoms with Crippen LogP contribution in [0, 0.1) is 5.92 Å². The molecule has 4 heteroatoms. The summed E-state index contributed by atoms with van der Waals surface area (Å²) in [4.78, 5) is 15.1. The van der Waals surface area contributed by atoms with Crippen LogP contribution < -0.4 is 5.32 Å². The molecule has 0 aromatic rings. The number of hydrogen-bond acceptors (Lipinski definition) is 3. The summed E-state index contributed by atoms with van der Waals surface area (Å²) in [6.07, 6.45) is 7.42. The van der Waals surface area contributed by atoms with E-state index in [2.05, 4.69) is 17.1 Å². The Morgan fingerprint density at radius 2 is 2.16 bits per heavy atom. The molecular formula is C15H26N2OS. The Hall–Kier alpha value is -0.220. The van der Waals surface area contributed by atoms with Gasteiger partial charge in [0.15, 0.2) is 0 Å². The van der Waals surface area contributed by atoms with E-state index in [9.17, 15) is 4.79 Å². The number of rotatable bonds is 5. The number of hydrogen-bond donors (Lipinski definition) is 1. The minimum Gasteiger partial charge on any atom is -0.340 e. The molecule has 0 aromatic heterocycles. The van der Waals surface area contributed by atoms with E-state index < -0.39 is 0 Å². The average molecular weight is 282 g/mol. The molecule has 108 valence electrons. The molecule has 19 heavy (non-hydrogen) atoms. The smallest absolute Gasteiger partial charge is 0.238 e. The van der Waals surface area contributed by atoms with Crippen molar-refractivity contribution in [3.8, 4) is 0 Å². The van der Waals surface area contributed by atoms with Gasteiger partial charge in [-0.05, 0) is 63.7 Å². The molecule has 0 spiro atoms. The summed E-state index contributed by atoms with van der Waals surface area (Å²) < 4.78 is -0.131. The maximum Gasteiger partial charge on any atom is 0.238 e. The van der Waals surface area contributed by atoms with E-state index in [0.29, 0.717) is 11.9 Å². The van der Waals surface area contributed by atoms with Gasteiger partial charge in [0.25, 0.3) is 0 Å². The fraction of sp³-hybridized carbons (Fsp3) is 0.933. The van der Waals surface area contributed by atoms with Gasteiger partial charge in [-0.25, -0.2) is 0 Å². The molecule has 2 unspecified atom stereocenters. The Labute approximate surface area is 120 Å². The van der Waals surface area contributed by atoms with Crippen LogP contribution in [0.25, 0.3) is 0 Å². The summed E-state index contributed by atoms with van der Waals surface area (Å²) in [7, 11) is 0. The number of nitrogens with one attached hydrogen (secondary N) is 1. The second kappa shape index (κ2) is 5.65. The third kappa shape index (κ3) is 3.27. The molecule has 1 saturated carbocycles. The molecule has 2 heterocycles. The molecule has 3 aliphatic rings. The molecule has 1 aliphatic carbocycles. The largest absolute Gasteiger partial charge is 0.340 e. The Bertz CT molecular complexity index is 331. The highest BCUT2D eigenvalue weighted by Gasteiger charge is 2.41. The van der Waals surface area contributed by atoms with Crippen LogP contribution in [0.5, 0.6) is 0 Å². The third-order valence-electron chi connectivity index (χ3n) is 4.74. The summed E-state index contributed by atoms with van der Waals surface area (Å²) in [6.45, 7) is 5.23. The van der Waals surface area contributed by atoms with Gasteiger partial charge in [0.05, 0.1) is 4.75 Å². The molecule has 1 amide bonds. The van der Waals surface area contributed by atoms with Gasteiger partial charge in [0.1, 0.15) is 0 Å². The molecule has 3 nitrogen and oxygen atoms in total. The number of amides is 1. The van der Waals surface area contributed by atoms with Gasteiger partial charge in [0, 0.05) is 19.1 Å². The Morgan fingerprint density at radius 3 is 2.74 bits per heavy atom. The van der Waals surface area contributed by atoms with Gasteiger partial charge in [0.2, 0.25) is 5.91 Å². The molecule has 2 atom stereocenters. The first-order chi connectivity index (χ1) is 9.17. The molecular weight excluding hydrogens is 256 g/mol. The van der Waals surface area contributed by atoms with Gasteiger partial charge in [-0.1, -0.05) is 0 Å². The van der Waals surface area contributed by atoms with E-state index >= 15 is 0 Å². The third-order valence-corrected chi connectivity index (χ3v) is 6.25. The molecule has 0 aromatic carbocycles. The van der Waals surface area contributed by atoms with Crippen LogP contribution in [0.2, 0.25) is 0 Å². The van der Waals surface area contributed by atoms with Gasteiger partial charge < -0.3 is 10.2 Å². The van der Waals surface area contributed by atoms with Crippen molar-refractivity contribution in [2.75, 3.05) is 25.4 Å². The van der Waals surface area contributed by atoms with Crippen molar-refractivity contribution in [1.29, 1.82) is 0 Å². The van der Waals surface area contributed by atoms with Crippen LogP contribution in [0.4, 0.5) is 0 Å². The lowest BCUT2D eigenvalue weighted by Gasteiger charge is -2.33. The number of thioether (sulfide) groups is 1. The summed E-state index contributed by atoms with van der Waals surface area (Å²) in [5.74, 6) is 2.36. The van der Waals surface area contributed by atoms with E-state index in [-0.39, 0.29) is 4.75 Å². The van der Waals surface area contributed by atoms with E-state index in [4.69, 9.17) is 0 Å². The molecule has 0 radical (unpaired) electrons. The normalized spacial score (nSPS) is 34.7. The number of carbonyl (C=O) groups is 1. The lowest BCUT2D eigenvalue weighted by Crippen LogP contribution is -2.49. The first-order valence-electron chi connectivity index (χ1n) is 7.84. The van der Waals surface area contributed by atoms with Crippen LogP contribution in [0.15, 0.2) is 0 Å². The highest BCUT2D eigenvalue weighted by molar-refractivity contribution is 8.01. The van der Waals surface area contributed by atoms with Crippen molar-refractivity contribution in [3.05, 3.63) is 0 Å². The predicted molar refractivity (Wildman–Crippen MR) is 80.4 cm³/mol.